The Morgan fingerprint density at radius 3 is 2.64 bits per heavy atom. The Balaban J connectivity index is 1.64. The maximum absolute atomic E-state index is 13.2. The molecule has 9 nitrogen and oxygen atoms in total. The van der Waals surface area contributed by atoms with Gasteiger partial charge in [0.05, 0.1) is 16.3 Å². The van der Waals surface area contributed by atoms with Crippen LogP contribution in [0, 0.1) is 11.3 Å². The summed E-state index contributed by atoms with van der Waals surface area (Å²) in [5.41, 5.74) is -3.36. The number of hydrogen-bond donors (Lipinski definition) is 4. The van der Waals surface area contributed by atoms with Gasteiger partial charge in [-0.1, -0.05) is 26.0 Å². The number of carboxylic acids is 1. The van der Waals surface area contributed by atoms with Gasteiger partial charge in [0.2, 0.25) is 11.9 Å². The largest absolute Gasteiger partial charge is 0.481 e. The molecule has 39 heavy (non-hydrogen) atoms. The van der Waals surface area contributed by atoms with E-state index < -0.39 is 40.3 Å². The summed E-state index contributed by atoms with van der Waals surface area (Å²) < 4.78 is 39.7. The molecule has 2 aromatic rings. The monoisotopic (exact) mass is 565 g/mol. The topological polar surface area (TPSA) is 137 Å². The number of hydrogen-bond acceptors (Lipinski definition) is 8. The number of alkyl halides is 3. The molecular formula is C26H30F3N5O4S. The molecule has 0 aromatic carbocycles. The molecule has 0 radical (unpaired) electrons. The van der Waals surface area contributed by atoms with Crippen LogP contribution in [0.2, 0.25) is 0 Å². The Bertz CT molecular complexity index is 1320. The molecule has 2 aromatic heterocycles. The zero-order valence-electron chi connectivity index (χ0n) is 21.7. The number of carbonyl (C=O) groups is 2. The summed E-state index contributed by atoms with van der Waals surface area (Å²) in [4.78, 5) is 36.1. The lowest BCUT2D eigenvalue weighted by atomic mass is 9.63. The zero-order chi connectivity index (χ0) is 28.6. The number of allylic oxidation sites excluding steroid dienone is 2. The van der Waals surface area contributed by atoms with Crippen molar-refractivity contribution in [3.05, 3.63) is 52.3 Å². The first-order valence-corrected chi connectivity index (χ1v) is 13.2. The van der Waals surface area contributed by atoms with Crippen LogP contribution in [0.5, 0.6) is 0 Å². The quantitative estimate of drug-likeness (QED) is 0.388. The van der Waals surface area contributed by atoms with Crippen molar-refractivity contribution in [3.63, 3.8) is 0 Å². The number of amides is 1. The summed E-state index contributed by atoms with van der Waals surface area (Å²) in [7, 11) is 0. The summed E-state index contributed by atoms with van der Waals surface area (Å²) in [5, 5.41) is 27.2. The van der Waals surface area contributed by atoms with Gasteiger partial charge in [0.25, 0.3) is 0 Å². The van der Waals surface area contributed by atoms with Crippen LogP contribution < -0.4 is 10.6 Å². The Kier molecular flexibility index (Phi) is 7.60. The van der Waals surface area contributed by atoms with E-state index in [1.54, 1.807) is 12.3 Å². The standard InChI is InChI=1S/C26H30F3N5O4S/c1-15(35)32-14-24(34-22-30-10-7-19(33-22)26(27,28)29)8-4-5-16(11-24)18-12-31-21(39-18)25(38)9-6-17(20(36)37)23(2,3)13-25/h4-5,7,10-12,17,38H,6,8-9,13-14H2,1-3H3,(H,32,35)(H,36,37)(H,30,33,34)/t17-,24?,25-/m1/s1. The van der Waals surface area contributed by atoms with Crippen LogP contribution in [0.1, 0.15) is 62.0 Å². The molecule has 13 heteroatoms. The van der Waals surface area contributed by atoms with Crippen LogP contribution in [0.3, 0.4) is 0 Å². The normalized spacial score (nSPS) is 26.5. The van der Waals surface area contributed by atoms with E-state index >= 15 is 0 Å². The summed E-state index contributed by atoms with van der Waals surface area (Å²) in [6.07, 6.45) is 4.59. The fraction of sp³-hybridized carbons (Fsp3) is 0.500. The number of rotatable bonds is 7. The second kappa shape index (κ2) is 10.3. The van der Waals surface area contributed by atoms with Gasteiger partial charge in [-0.3, -0.25) is 9.59 Å². The third-order valence-electron chi connectivity index (χ3n) is 7.20. The van der Waals surface area contributed by atoms with E-state index in [0.717, 1.165) is 12.3 Å². The number of thiazole rings is 1. The van der Waals surface area contributed by atoms with Gasteiger partial charge in [0.1, 0.15) is 16.3 Å². The first-order valence-electron chi connectivity index (χ1n) is 12.4. The van der Waals surface area contributed by atoms with Gasteiger partial charge in [0, 0.05) is 25.9 Å². The molecule has 210 valence electrons. The molecule has 2 aliphatic rings. The van der Waals surface area contributed by atoms with Gasteiger partial charge >= 0.3 is 12.1 Å². The molecule has 1 fully saturated rings. The van der Waals surface area contributed by atoms with Gasteiger partial charge < -0.3 is 20.8 Å². The lowest BCUT2D eigenvalue weighted by molar-refractivity contribution is -0.154. The van der Waals surface area contributed by atoms with Gasteiger partial charge in [0.15, 0.2) is 0 Å². The Labute approximate surface area is 227 Å². The highest BCUT2D eigenvalue weighted by Gasteiger charge is 2.49. The van der Waals surface area contributed by atoms with Crippen molar-refractivity contribution in [3.8, 4) is 0 Å². The summed E-state index contributed by atoms with van der Waals surface area (Å²) >= 11 is 1.27. The van der Waals surface area contributed by atoms with Crippen LogP contribution in [-0.4, -0.2) is 49.1 Å². The second-order valence-electron chi connectivity index (χ2n) is 10.8. The van der Waals surface area contributed by atoms with E-state index in [0.29, 0.717) is 28.3 Å². The number of aliphatic carboxylic acids is 1. The summed E-state index contributed by atoms with van der Waals surface area (Å²) in [5.74, 6) is -2.00. The van der Waals surface area contributed by atoms with E-state index in [2.05, 4.69) is 25.6 Å². The van der Waals surface area contributed by atoms with Crippen LogP contribution in [-0.2, 0) is 21.4 Å². The van der Waals surface area contributed by atoms with Crippen molar-refractivity contribution in [1.82, 2.24) is 20.3 Å². The lowest BCUT2D eigenvalue weighted by Crippen LogP contribution is -2.48. The van der Waals surface area contributed by atoms with Crippen LogP contribution in [0.15, 0.2) is 36.7 Å². The number of aliphatic hydroxyl groups is 1. The number of nitrogens with zero attached hydrogens (tertiary/aromatic N) is 3. The predicted molar refractivity (Wildman–Crippen MR) is 139 cm³/mol. The first kappa shape index (κ1) is 28.7. The van der Waals surface area contributed by atoms with Crippen molar-refractivity contribution in [2.45, 2.75) is 63.8 Å². The van der Waals surface area contributed by atoms with Gasteiger partial charge in [-0.05, 0) is 48.8 Å². The zero-order valence-corrected chi connectivity index (χ0v) is 22.5. The number of aromatic nitrogens is 3. The van der Waals surface area contributed by atoms with E-state index in [-0.39, 0.29) is 31.2 Å². The molecule has 0 saturated heterocycles. The van der Waals surface area contributed by atoms with Crippen molar-refractivity contribution >= 4 is 34.7 Å². The second-order valence-corrected chi connectivity index (χ2v) is 11.8. The number of halogens is 3. The van der Waals surface area contributed by atoms with Crippen molar-refractivity contribution in [2.24, 2.45) is 11.3 Å². The van der Waals surface area contributed by atoms with E-state index in [9.17, 15) is 33.0 Å². The molecule has 4 rings (SSSR count). The minimum Gasteiger partial charge on any atom is -0.481 e. The smallest absolute Gasteiger partial charge is 0.433 e. The van der Waals surface area contributed by atoms with E-state index in [4.69, 9.17) is 0 Å². The molecule has 0 spiro atoms. The average molecular weight is 566 g/mol. The highest BCUT2D eigenvalue weighted by Crippen LogP contribution is 2.50. The van der Waals surface area contributed by atoms with E-state index in [1.807, 2.05) is 26.0 Å². The van der Waals surface area contributed by atoms with Crippen molar-refractivity contribution in [2.75, 3.05) is 11.9 Å². The summed E-state index contributed by atoms with van der Waals surface area (Å²) in [6.45, 7) is 5.05. The van der Waals surface area contributed by atoms with Gasteiger partial charge in [-0.15, -0.1) is 11.3 Å². The van der Waals surface area contributed by atoms with Crippen molar-refractivity contribution < 1.29 is 33.0 Å². The van der Waals surface area contributed by atoms with Crippen LogP contribution in [0.25, 0.3) is 5.57 Å². The molecule has 1 amide bonds. The van der Waals surface area contributed by atoms with Gasteiger partial charge in [-0.25, -0.2) is 15.0 Å². The molecule has 2 heterocycles. The maximum atomic E-state index is 13.2. The van der Waals surface area contributed by atoms with Gasteiger partial charge in [-0.2, -0.15) is 13.2 Å². The van der Waals surface area contributed by atoms with Crippen LogP contribution in [0.4, 0.5) is 19.1 Å². The minimum absolute atomic E-state index is 0.0517. The molecule has 2 aliphatic carbocycles. The third kappa shape index (κ3) is 6.30. The van der Waals surface area contributed by atoms with Crippen molar-refractivity contribution in [1.29, 1.82) is 0 Å². The molecule has 4 N–H and O–H groups in total. The van der Waals surface area contributed by atoms with E-state index in [1.165, 1.54) is 18.3 Å². The molecule has 1 unspecified atom stereocenters. The maximum Gasteiger partial charge on any atom is 0.433 e. The number of carbonyl (C=O) groups excluding carboxylic acids is 1. The summed E-state index contributed by atoms with van der Waals surface area (Å²) in [6, 6.07) is 0.780. The average Bonchev–Trinajstić information content (AvgIpc) is 3.33. The predicted octanol–water partition coefficient (Wildman–Crippen LogP) is 4.38. The molecular weight excluding hydrogens is 535 g/mol. The van der Waals surface area contributed by atoms with Crippen LogP contribution >= 0.6 is 11.3 Å². The Morgan fingerprint density at radius 2 is 2.00 bits per heavy atom. The number of anilines is 1. The third-order valence-corrected chi connectivity index (χ3v) is 8.43. The molecule has 3 atom stereocenters. The Hall–Kier alpha value is -3.32. The fourth-order valence-corrected chi connectivity index (χ4v) is 6.32. The molecule has 0 bridgehead atoms. The molecule has 0 aliphatic heterocycles. The first-order chi connectivity index (χ1) is 18.1. The SMILES string of the molecule is CC(=O)NCC1(Nc2nccc(C(F)(F)F)n2)C=C(c2cnc([C@@]3(O)CC[C@H](C(=O)O)C(C)(C)C3)s2)C=CC1. The Morgan fingerprint density at radius 1 is 1.26 bits per heavy atom. The highest BCUT2D eigenvalue weighted by atomic mass is 32.1. The molecule has 1 saturated carbocycles. The highest BCUT2D eigenvalue weighted by molar-refractivity contribution is 7.12. The fourth-order valence-electron chi connectivity index (χ4n) is 5.29. The lowest BCUT2D eigenvalue weighted by Gasteiger charge is -2.44. The number of nitrogens with one attached hydrogen (secondary N) is 2. The minimum atomic E-state index is -4.64. The number of carboxylic acid groups (broad SMARTS) is 1.